The molecule has 178 valence electrons. The minimum Gasteiger partial charge on any atom is -0.465 e. The third-order valence-electron chi connectivity index (χ3n) is 5.51. The van der Waals surface area contributed by atoms with E-state index >= 15 is 0 Å². The number of fused-ring (bicyclic) bond motifs is 2. The zero-order valence-electron chi connectivity index (χ0n) is 19.4. The van der Waals surface area contributed by atoms with Crippen LogP contribution >= 0.6 is 0 Å². The van der Waals surface area contributed by atoms with E-state index in [0.717, 1.165) is 21.5 Å². The van der Waals surface area contributed by atoms with Crippen molar-refractivity contribution >= 4 is 33.5 Å². The van der Waals surface area contributed by atoms with Crippen LogP contribution in [0.1, 0.15) is 20.7 Å². The van der Waals surface area contributed by atoms with Gasteiger partial charge in [0.25, 0.3) is 0 Å². The van der Waals surface area contributed by atoms with Crippen LogP contribution in [0.2, 0.25) is 0 Å². The number of ether oxygens (including phenoxy) is 4. The minimum atomic E-state index is -0.389. The van der Waals surface area contributed by atoms with Gasteiger partial charge in [-0.25, -0.2) is 14.6 Å². The molecule has 0 spiro atoms. The minimum absolute atomic E-state index is 0.126. The van der Waals surface area contributed by atoms with Crippen molar-refractivity contribution in [1.29, 1.82) is 0 Å². The molecule has 0 aliphatic rings. The molecule has 4 aromatic carbocycles. The molecule has 0 saturated carbocycles. The molecule has 5 aromatic rings. The molecule has 8 heteroatoms. The molecule has 8 nitrogen and oxygen atoms in total. The maximum absolute atomic E-state index is 11.8. The van der Waals surface area contributed by atoms with Crippen molar-refractivity contribution in [3.8, 4) is 23.4 Å². The summed E-state index contributed by atoms with van der Waals surface area (Å²) in [6.45, 7) is 0. The van der Waals surface area contributed by atoms with E-state index in [9.17, 15) is 9.59 Å². The van der Waals surface area contributed by atoms with Crippen LogP contribution in [0, 0.1) is 0 Å². The molecule has 0 aliphatic carbocycles. The van der Waals surface area contributed by atoms with Gasteiger partial charge in [0.15, 0.2) is 0 Å². The van der Waals surface area contributed by atoms with Crippen LogP contribution in [0.25, 0.3) is 21.5 Å². The highest BCUT2D eigenvalue weighted by Crippen LogP contribution is 2.28. The second kappa shape index (κ2) is 9.71. The highest BCUT2D eigenvalue weighted by Gasteiger charge is 2.10. The summed E-state index contributed by atoms with van der Waals surface area (Å²) >= 11 is 0. The summed E-state index contributed by atoms with van der Waals surface area (Å²) in [6.07, 6.45) is 1.55. The Morgan fingerprint density at radius 1 is 0.611 bits per heavy atom. The summed E-state index contributed by atoms with van der Waals surface area (Å²) in [5, 5.41) is 3.54. The fourth-order valence-corrected chi connectivity index (χ4v) is 3.72. The quantitative estimate of drug-likeness (QED) is 0.276. The molecule has 0 fully saturated rings. The Balaban J connectivity index is 1.33. The molecular weight excluding hydrogens is 460 g/mol. The number of benzene rings is 4. The Bertz CT molecular complexity index is 1500. The van der Waals surface area contributed by atoms with Crippen molar-refractivity contribution in [2.75, 3.05) is 14.2 Å². The Morgan fingerprint density at radius 3 is 1.67 bits per heavy atom. The van der Waals surface area contributed by atoms with Crippen molar-refractivity contribution < 1.29 is 28.5 Å². The van der Waals surface area contributed by atoms with Gasteiger partial charge in [-0.3, -0.25) is 0 Å². The van der Waals surface area contributed by atoms with Crippen LogP contribution in [0.3, 0.4) is 0 Å². The van der Waals surface area contributed by atoms with Gasteiger partial charge in [0.2, 0.25) is 5.88 Å². The first-order valence-electron chi connectivity index (χ1n) is 11.0. The van der Waals surface area contributed by atoms with Crippen molar-refractivity contribution in [2.24, 2.45) is 0 Å². The third kappa shape index (κ3) is 4.78. The maximum atomic E-state index is 11.8. The van der Waals surface area contributed by atoms with Crippen molar-refractivity contribution in [1.82, 2.24) is 9.97 Å². The topological polar surface area (TPSA) is 96.8 Å². The summed E-state index contributed by atoms with van der Waals surface area (Å²) in [5.74, 6) is 0.652. The van der Waals surface area contributed by atoms with E-state index in [1.165, 1.54) is 14.2 Å². The first-order valence-corrected chi connectivity index (χ1v) is 11.0. The van der Waals surface area contributed by atoms with Crippen molar-refractivity contribution in [3.63, 3.8) is 0 Å². The molecule has 36 heavy (non-hydrogen) atoms. The van der Waals surface area contributed by atoms with E-state index in [2.05, 4.69) is 9.97 Å². The Kier molecular flexibility index (Phi) is 6.15. The lowest BCUT2D eigenvalue weighted by atomic mass is 10.1. The molecule has 5 rings (SSSR count). The second-order valence-electron chi connectivity index (χ2n) is 7.81. The molecule has 1 aromatic heterocycles. The SMILES string of the molecule is COC(=O)c1ccc2cc(Oc3ccnc(Oc4ccc5cc(C(=O)OC)ccc5c4)n3)ccc2c1. The largest absolute Gasteiger partial charge is 0.465 e. The van der Waals surface area contributed by atoms with Gasteiger partial charge in [-0.05, 0) is 70.1 Å². The zero-order chi connectivity index (χ0) is 25.1. The van der Waals surface area contributed by atoms with Crippen LogP contribution in [0.15, 0.2) is 85.1 Å². The fourth-order valence-electron chi connectivity index (χ4n) is 3.72. The number of esters is 2. The lowest BCUT2D eigenvalue weighted by molar-refractivity contribution is 0.0592. The zero-order valence-corrected chi connectivity index (χ0v) is 19.4. The van der Waals surface area contributed by atoms with Crippen LogP contribution in [0.4, 0.5) is 0 Å². The van der Waals surface area contributed by atoms with E-state index < -0.39 is 0 Å². The predicted molar refractivity (Wildman–Crippen MR) is 133 cm³/mol. The summed E-state index contributed by atoms with van der Waals surface area (Å²) in [5.41, 5.74) is 0.957. The molecule has 1 heterocycles. The number of rotatable bonds is 6. The van der Waals surface area contributed by atoms with E-state index in [0.29, 0.717) is 28.5 Å². The predicted octanol–water partition coefficient (Wildman–Crippen LogP) is 5.94. The number of methoxy groups -OCH3 is 2. The van der Waals surface area contributed by atoms with Crippen LogP contribution in [-0.2, 0) is 9.47 Å². The van der Waals surface area contributed by atoms with Gasteiger partial charge >= 0.3 is 17.9 Å². The lowest BCUT2D eigenvalue weighted by Gasteiger charge is -2.09. The maximum Gasteiger partial charge on any atom is 0.337 e. The summed E-state index contributed by atoms with van der Waals surface area (Å²) in [7, 11) is 2.70. The monoisotopic (exact) mass is 480 g/mol. The Labute approximate surface area is 206 Å². The molecule has 0 radical (unpaired) electrons. The molecule has 0 aliphatic heterocycles. The van der Waals surface area contributed by atoms with Crippen molar-refractivity contribution in [3.05, 3.63) is 96.2 Å². The fraction of sp³-hybridized carbons (Fsp3) is 0.0714. The van der Waals surface area contributed by atoms with Crippen LogP contribution in [0.5, 0.6) is 23.4 Å². The Hall–Kier alpha value is -4.98. The van der Waals surface area contributed by atoms with Gasteiger partial charge < -0.3 is 18.9 Å². The van der Waals surface area contributed by atoms with E-state index in [-0.39, 0.29) is 17.9 Å². The standard InChI is InChI=1S/C28H20N2O6/c1-33-26(31)21-5-3-19-15-23(9-7-17(19)13-21)35-25-11-12-29-28(30-25)36-24-10-8-18-14-22(27(32)34-2)6-4-20(18)16-24/h3-16H,1-2H3. The van der Waals surface area contributed by atoms with Gasteiger partial charge in [-0.2, -0.15) is 4.98 Å². The molecule has 0 amide bonds. The first-order chi connectivity index (χ1) is 17.5. The molecule has 0 atom stereocenters. The smallest absolute Gasteiger partial charge is 0.337 e. The van der Waals surface area contributed by atoms with Crippen LogP contribution < -0.4 is 9.47 Å². The number of hydrogen-bond donors (Lipinski definition) is 0. The van der Waals surface area contributed by atoms with Gasteiger partial charge in [-0.15, -0.1) is 0 Å². The van der Waals surface area contributed by atoms with Gasteiger partial charge in [0, 0.05) is 12.3 Å². The normalized spacial score (nSPS) is 10.7. The molecule has 0 saturated heterocycles. The average molecular weight is 480 g/mol. The number of hydrogen-bond acceptors (Lipinski definition) is 8. The molecule has 0 N–H and O–H groups in total. The Morgan fingerprint density at radius 2 is 1.11 bits per heavy atom. The number of carbonyl (C=O) groups is 2. The second-order valence-corrected chi connectivity index (χ2v) is 7.81. The number of carbonyl (C=O) groups excluding carboxylic acids is 2. The van der Waals surface area contributed by atoms with Gasteiger partial charge in [0.1, 0.15) is 11.5 Å². The molecule has 0 bridgehead atoms. The summed E-state index contributed by atoms with van der Waals surface area (Å²) < 4.78 is 21.3. The third-order valence-corrected chi connectivity index (χ3v) is 5.51. The molecule has 0 unspecified atom stereocenters. The van der Waals surface area contributed by atoms with E-state index in [1.54, 1.807) is 48.7 Å². The average Bonchev–Trinajstić information content (AvgIpc) is 2.91. The number of nitrogens with zero attached hydrogens (tertiary/aromatic N) is 2. The van der Waals surface area contributed by atoms with Gasteiger partial charge in [-0.1, -0.05) is 24.3 Å². The van der Waals surface area contributed by atoms with E-state index in [4.69, 9.17) is 18.9 Å². The lowest BCUT2D eigenvalue weighted by Crippen LogP contribution is -2.00. The molecular formula is C28H20N2O6. The summed E-state index contributed by atoms with van der Waals surface area (Å²) in [4.78, 5) is 32.0. The highest BCUT2D eigenvalue weighted by molar-refractivity contribution is 5.96. The van der Waals surface area contributed by atoms with Gasteiger partial charge in [0.05, 0.1) is 25.3 Å². The van der Waals surface area contributed by atoms with Crippen molar-refractivity contribution in [2.45, 2.75) is 0 Å². The number of aromatic nitrogens is 2. The summed E-state index contributed by atoms with van der Waals surface area (Å²) in [6, 6.07) is 23.3. The van der Waals surface area contributed by atoms with E-state index in [1.807, 2.05) is 36.4 Å². The van der Waals surface area contributed by atoms with Crippen LogP contribution in [-0.4, -0.2) is 36.1 Å². The first kappa shape index (κ1) is 22.8. The highest BCUT2D eigenvalue weighted by atomic mass is 16.5.